The first-order chi connectivity index (χ1) is 8.54. The van der Waals surface area contributed by atoms with Gasteiger partial charge in [0.05, 0.1) is 24.8 Å². The maximum atomic E-state index is 11.9. The van der Waals surface area contributed by atoms with Crippen molar-refractivity contribution >= 4 is 5.91 Å². The lowest BCUT2D eigenvalue weighted by molar-refractivity contribution is -0.123. The first-order valence-corrected chi connectivity index (χ1v) is 6.35. The predicted octanol–water partition coefficient (Wildman–Crippen LogP) is -1.02. The lowest BCUT2D eigenvalue weighted by Gasteiger charge is -2.23. The highest BCUT2D eigenvalue weighted by atomic mass is 16.3. The maximum Gasteiger partial charge on any atom is 0.235 e. The Morgan fingerprint density at radius 3 is 2.39 bits per heavy atom. The third kappa shape index (κ3) is 2.80. The Balaban J connectivity index is 1.84. The minimum absolute atomic E-state index is 0.123. The largest absolute Gasteiger partial charge is 0.389 e. The van der Waals surface area contributed by atoms with Crippen LogP contribution in [-0.2, 0) is 4.79 Å². The number of carbonyl (C=O) groups excluding carboxylic acids is 1. The molecule has 6 nitrogen and oxygen atoms in total. The van der Waals surface area contributed by atoms with Crippen LogP contribution in [-0.4, -0.2) is 58.4 Å². The average molecular weight is 253 g/mol. The summed E-state index contributed by atoms with van der Waals surface area (Å²) in [7, 11) is 0. The van der Waals surface area contributed by atoms with E-state index in [0.29, 0.717) is 25.9 Å². The van der Waals surface area contributed by atoms with Crippen LogP contribution >= 0.6 is 0 Å². The number of hydrogen-bond donors (Lipinski definition) is 3. The van der Waals surface area contributed by atoms with Gasteiger partial charge in [-0.1, -0.05) is 0 Å². The molecule has 100 valence electrons. The molecule has 0 aromatic rings. The number of aliphatic hydroxyl groups excluding tert-OH is 2. The molecule has 2 rings (SSSR count). The smallest absolute Gasteiger partial charge is 0.235 e. The number of nitrogens with one attached hydrogen (secondary N) is 1. The third-order valence-electron chi connectivity index (χ3n) is 3.75. The molecule has 1 heterocycles. The van der Waals surface area contributed by atoms with E-state index in [9.17, 15) is 15.0 Å². The van der Waals surface area contributed by atoms with Gasteiger partial charge in [0, 0.05) is 13.1 Å². The molecule has 0 unspecified atom stereocenters. The number of rotatable bonds is 3. The second-order valence-electron chi connectivity index (χ2n) is 5.28. The molecule has 0 aromatic heterocycles. The Labute approximate surface area is 106 Å². The molecular formula is C12H19N3O3. The maximum absolute atomic E-state index is 11.9. The summed E-state index contributed by atoms with van der Waals surface area (Å²) in [5, 5.41) is 30.7. The number of nitrogens with zero attached hydrogens (tertiary/aromatic N) is 2. The van der Waals surface area contributed by atoms with Crippen molar-refractivity contribution < 1.29 is 15.0 Å². The second kappa shape index (κ2) is 5.22. The Morgan fingerprint density at radius 1 is 1.33 bits per heavy atom. The SMILES string of the molecule is N#CC1(NC(=O)CN2C[C@@H](O)[C@@H](O)C2)CCCC1. The highest BCUT2D eigenvalue weighted by molar-refractivity contribution is 5.79. The summed E-state index contributed by atoms with van der Waals surface area (Å²) >= 11 is 0. The summed E-state index contributed by atoms with van der Waals surface area (Å²) in [5.41, 5.74) is -0.700. The fourth-order valence-electron chi connectivity index (χ4n) is 2.73. The zero-order valence-corrected chi connectivity index (χ0v) is 10.3. The molecule has 2 atom stereocenters. The van der Waals surface area contributed by atoms with E-state index in [1.54, 1.807) is 4.90 Å². The van der Waals surface area contributed by atoms with Crippen LogP contribution in [0.1, 0.15) is 25.7 Å². The number of aliphatic hydroxyl groups is 2. The van der Waals surface area contributed by atoms with Crippen LogP contribution in [0.2, 0.25) is 0 Å². The van der Waals surface area contributed by atoms with E-state index in [1.165, 1.54) is 0 Å². The van der Waals surface area contributed by atoms with Gasteiger partial charge in [-0.05, 0) is 25.7 Å². The van der Waals surface area contributed by atoms with Crippen LogP contribution < -0.4 is 5.32 Å². The molecule has 1 aliphatic heterocycles. The minimum Gasteiger partial charge on any atom is -0.389 e. The Hall–Kier alpha value is -1.16. The number of likely N-dealkylation sites (tertiary alicyclic amines) is 1. The van der Waals surface area contributed by atoms with E-state index >= 15 is 0 Å². The topological polar surface area (TPSA) is 96.6 Å². The van der Waals surface area contributed by atoms with Crippen molar-refractivity contribution in [1.29, 1.82) is 5.26 Å². The van der Waals surface area contributed by atoms with Gasteiger partial charge >= 0.3 is 0 Å². The van der Waals surface area contributed by atoms with Crippen LogP contribution in [0.5, 0.6) is 0 Å². The van der Waals surface area contributed by atoms with Gasteiger partial charge in [-0.25, -0.2) is 0 Å². The lowest BCUT2D eigenvalue weighted by Crippen LogP contribution is -2.48. The molecule has 18 heavy (non-hydrogen) atoms. The molecule has 6 heteroatoms. The van der Waals surface area contributed by atoms with Crippen LogP contribution in [0.3, 0.4) is 0 Å². The van der Waals surface area contributed by atoms with Crippen molar-refractivity contribution in [2.45, 2.75) is 43.4 Å². The third-order valence-corrected chi connectivity index (χ3v) is 3.75. The average Bonchev–Trinajstić information content (AvgIpc) is 2.88. The van der Waals surface area contributed by atoms with Gasteiger partial charge in [0.25, 0.3) is 0 Å². The molecule has 0 aromatic carbocycles. The molecular weight excluding hydrogens is 234 g/mol. The summed E-state index contributed by atoms with van der Waals surface area (Å²) in [4.78, 5) is 13.6. The minimum atomic E-state index is -0.783. The van der Waals surface area contributed by atoms with Crippen molar-refractivity contribution in [3.05, 3.63) is 0 Å². The van der Waals surface area contributed by atoms with Crippen LogP contribution in [0.25, 0.3) is 0 Å². The van der Waals surface area contributed by atoms with E-state index in [2.05, 4.69) is 11.4 Å². The standard InChI is InChI=1S/C12H19N3O3/c13-8-12(3-1-2-4-12)14-11(18)7-15-5-9(16)10(17)6-15/h9-10,16-17H,1-7H2,(H,14,18)/t9-,10+. The summed E-state index contributed by atoms with van der Waals surface area (Å²) in [6.07, 6.45) is 1.79. The van der Waals surface area contributed by atoms with Gasteiger partial charge in [0.2, 0.25) is 5.91 Å². The molecule has 2 aliphatic rings. The monoisotopic (exact) mass is 253 g/mol. The first kappa shape index (κ1) is 13.3. The van der Waals surface area contributed by atoms with Gasteiger partial charge in [0.1, 0.15) is 5.54 Å². The van der Waals surface area contributed by atoms with Crippen molar-refractivity contribution in [3.8, 4) is 6.07 Å². The van der Waals surface area contributed by atoms with Crippen LogP contribution in [0.4, 0.5) is 0 Å². The number of hydrogen-bond acceptors (Lipinski definition) is 5. The van der Waals surface area contributed by atoms with E-state index in [4.69, 9.17) is 5.26 Å². The fraction of sp³-hybridized carbons (Fsp3) is 0.833. The molecule has 1 saturated carbocycles. The molecule has 1 amide bonds. The van der Waals surface area contributed by atoms with Crippen LogP contribution in [0, 0.1) is 11.3 Å². The molecule has 0 bridgehead atoms. The number of amides is 1. The van der Waals surface area contributed by atoms with Crippen molar-refractivity contribution in [1.82, 2.24) is 10.2 Å². The lowest BCUT2D eigenvalue weighted by atomic mass is 10.00. The van der Waals surface area contributed by atoms with Crippen LogP contribution in [0.15, 0.2) is 0 Å². The van der Waals surface area contributed by atoms with E-state index < -0.39 is 17.7 Å². The zero-order valence-electron chi connectivity index (χ0n) is 10.3. The molecule has 0 spiro atoms. The first-order valence-electron chi connectivity index (χ1n) is 6.35. The zero-order chi connectivity index (χ0) is 13.2. The summed E-state index contributed by atoms with van der Waals surface area (Å²) in [6.45, 7) is 0.722. The Morgan fingerprint density at radius 2 is 1.89 bits per heavy atom. The molecule has 1 saturated heterocycles. The summed E-state index contributed by atoms with van der Waals surface area (Å²) in [6, 6.07) is 2.20. The fourth-order valence-corrected chi connectivity index (χ4v) is 2.73. The predicted molar refractivity (Wildman–Crippen MR) is 63.4 cm³/mol. The second-order valence-corrected chi connectivity index (χ2v) is 5.28. The van der Waals surface area contributed by atoms with E-state index in [-0.39, 0.29) is 12.5 Å². The molecule has 0 radical (unpaired) electrons. The van der Waals surface area contributed by atoms with Gasteiger partial charge in [-0.2, -0.15) is 5.26 Å². The van der Waals surface area contributed by atoms with Gasteiger partial charge in [-0.3, -0.25) is 9.69 Å². The van der Waals surface area contributed by atoms with Gasteiger partial charge < -0.3 is 15.5 Å². The summed E-state index contributed by atoms with van der Waals surface area (Å²) < 4.78 is 0. The molecule has 1 aliphatic carbocycles. The van der Waals surface area contributed by atoms with Crippen molar-refractivity contribution in [3.63, 3.8) is 0 Å². The Kier molecular flexibility index (Phi) is 3.85. The molecule has 3 N–H and O–H groups in total. The van der Waals surface area contributed by atoms with Crippen molar-refractivity contribution in [2.24, 2.45) is 0 Å². The quantitative estimate of drug-likeness (QED) is 0.598. The molecule has 2 fully saturated rings. The highest BCUT2D eigenvalue weighted by Gasteiger charge is 2.36. The number of nitriles is 1. The van der Waals surface area contributed by atoms with Crippen molar-refractivity contribution in [2.75, 3.05) is 19.6 Å². The van der Waals surface area contributed by atoms with Gasteiger partial charge in [-0.15, -0.1) is 0 Å². The number of β-amino-alcohol motifs (C(OH)–C–C–N with tert-alkyl or cyclic N) is 2. The van der Waals surface area contributed by atoms with E-state index in [1.807, 2.05) is 0 Å². The highest BCUT2D eigenvalue weighted by Crippen LogP contribution is 2.28. The summed E-state index contributed by atoms with van der Waals surface area (Å²) in [5.74, 6) is -0.209. The van der Waals surface area contributed by atoms with Gasteiger partial charge in [0.15, 0.2) is 0 Å². The normalized spacial score (nSPS) is 31.2. The number of carbonyl (C=O) groups is 1. The Bertz CT molecular complexity index is 350. The van der Waals surface area contributed by atoms with E-state index in [0.717, 1.165) is 12.8 Å².